The van der Waals surface area contributed by atoms with Crippen LogP contribution in [0.3, 0.4) is 0 Å². The molecule has 4 nitrogen and oxygen atoms in total. The molecule has 4 heteroatoms. The number of pyridine rings is 1. The molecule has 1 aromatic carbocycles. The van der Waals surface area contributed by atoms with Crippen molar-refractivity contribution in [2.45, 2.75) is 27.4 Å². The normalized spacial score (nSPS) is 10.3. The lowest BCUT2D eigenvalue weighted by molar-refractivity contribution is 0.299. The third-order valence-electron chi connectivity index (χ3n) is 3.09. The number of nitrogens with two attached hydrogens (primary N) is 1. The van der Waals surface area contributed by atoms with Gasteiger partial charge in [-0.15, -0.1) is 0 Å². The molecule has 0 radical (unpaired) electrons. The molecule has 0 atom stereocenters. The highest BCUT2D eigenvalue weighted by atomic mass is 16.5. The standard InChI is InChI=1S/C15H19N3O/c1-10-7-11(2)12(3)14(8-10)19-9-13-5-4-6-15(17-13)18-16/h4-8H,9,16H2,1-3H3,(H,17,18). The van der Waals surface area contributed by atoms with Crippen molar-refractivity contribution in [2.24, 2.45) is 5.84 Å². The number of aryl methyl sites for hydroxylation is 2. The Morgan fingerprint density at radius 1 is 1.21 bits per heavy atom. The summed E-state index contributed by atoms with van der Waals surface area (Å²) in [7, 11) is 0. The average Bonchev–Trinajstić information content (AvgIpc) is 2.41. The highest BCUT2D eigenvalue weighted by molar-refractivity contribution is 5.42. The minimum absolute atomic E-state index is 0.430. The zero-order valence-corrected chi connectivity index (χ0v) is 11.5. The summed E-state index contributed by atoms with van der Waals surface area (Å²) in [6, 6.07) is 9.83. The third-order valence-corrected chi connectivity index (χ3v) is 3.09. The first-order chi connectivity index (χ1) is 9.10. The lowest BCUT2D eigenvalue weighted by Crippen LogP contribution is -2.10. The monoisotopic (exact) mass is 257 g/mol. The van der Waals surface area contributed by atoms with E-state index in [1.165, 1.54) is 16.7 Å². The number of benzene rings is 1. The zero-order valence-electron chi connectivity index (χ0n) is 11.5. The maximum atomic E-state index is 5.85. The molecule has 1 aromatic heterocycles. The molecule has 2 aromatic rings. The van der Waals surface area contributed by atoms with Crippen molar-refractivity contribution >= 4 is 5.82 Å². The topological polar surface area (TPSA) is 60.2 Å². The van der Waals surface area contributed by atoms with Crippen LogP contribution < -0.4 is 16.0 Å². The Balaban J connectivity index is 2.14. The first-order valence-corrected chi connectivity index (χ1v) is 6.23. The molecule has 0 saturated heterocycles. The summed E-state index contributed by atoms with van der Waals surface area (Å²) >= 11 is 0. The number of nitrogens with one attached hydrogen (secondary N) is 1. The van der Waals surface area contributed by atoms with E-state index in [0.717, 1.165) is 11.4 Å². The summed E-state index contributed by atoms with van der Waals surface area (Å²) in [5, 5.41) is 0. The molecule has 0 saturated carbocycles. The van der Waals surface area contributed by atoms with E-state index in [0.29, 0.717) is 12.4 Å². The number of hydrazine groups is 1. The molecule has 0 unspecified atom stereocenters. The predicted molar refractivity (Wildman–Crippen MR) is 77.0 cm³/mol. The van der Waals surface area contributed by atoms with Crippen LogP contribution in [0.15, 0.2) is 30.3 Å². The van der Waals surface area contributed by atoms with Crippen molar-refractivity contribution in [3.8, 4) is 5.75 Å². The van der Waals surface area contributed by atoms with Crippen LogP contribution in [-0.2, 0) is 6.61 Å². The molecule has 0 spiro atoms. The second-order valence-corrected chi connectivity index (χ2v) is 4.65. The molecule has 100 valence electrons. The van der Waals surface area contributed by atoms with Gasteiger partial charge in [0, 0.05) is 0 Å². The van der Waals surface area contributed by atoms with Crippen molar-refractivity contribution in [3.63, 3.8) is 0 Å². The highest BCUT2D eigenvalue weighted by Crippen LogP contribution is 2.24. The third kappa shape index (κ3) is 3.23. The Morgan fingerprint density at radius 2 is 2.00 bits per heavy atom. The van der Waals surface area contributed by atoms with Gasteiger partial charge in [0.25, 0.3) is 0 Å². The lowest BCUT2D eigenvalue weighted by Gasteiger charge is -2.12. The molecule has 3 N–H and O–H groups in total. The van der Waals surface area contributed by atoms with Gasteiger partial charge in [0.1, 0.15) is 18.2 Å². The maximum Gasteiger partial charge on any atom is 0.140 e. The lowest BCUT2D eigenvalue weighted by atomic mass is 10.1. The van der Waals surface area contributed by atoms with Gasteiger partial charge in [-0.2, -0.15) is 0 Å². The van der Waals surface area contributed by atoms with Gasteiger partial charge >= 0.3 is 0 Å². The largest absolute Gasteiger partial charge is 0.487 e. The van der Waals surface area contributed by atoms with Gasteiger partial charge in [0.15, 0.2) is 0 Å². The van der Waals surface area contributed by atoms with Crippen LogP contribution in [0, 0.1) is 20.8 Å². The van der Waals surface area contributed by atoms with Crippen molar-refractivity contribution < 1.29 is 4.74 Å². The fraction of sp³-hybridized carbons (Fsp3) is 0.267. The summed E-state index contributed by atoms with van der Waals surface area (Å²) < 4.78 is 5.85. The number of anilines is 1. The van der Waals surface area contributed by atoms with E-state index in [-0.39, 0.29) is 0 Å². The predicted octanol–water partition coefficient (Wildman–Crippen LogP) is 2.87. The number of hydrogen-bond donors (Lipinski definition) is 2. The molecule has 0 aliphatic carbocycles. The van der Waals surface area contributed by atoms with Crippen LogP contribution in [0.5, 0.6) is 5.75 Å². The second-order valence-electron chi connectivity index (χ2n) is 4.65. The van der Waals surface area contributed by atoms with E-state index in [4.69, 9.17) is 10.6 Å². The number of rotatable bonds is 4. The second kappa shape index (κ2) is 5.71. The molecule has 2 rings (SSSR count). The van der Waals surface area contributed by atoms with Gasteiger partial charge in [-0.1, -0.05) is 12.1 Å². The Hall–Kier alpha value is -2.07. The summed E-state index contributed by atoms with van der Waals surface area (Å²) in [5.74, 6) is 6.88. The smallest absolute Gasteiger partial charge is 0.140 e. The number of aromatic nitrogens is 1. The Morgan fingerprint density at radius 3 is 2.74 bits per heavy atom. The van der Waals surface area contributed by atoms with E-state index in [1.54, 1.807) is 0 Å². The van der Waals surface area contributed by atoms with Gasteiger partial charge in [-0.05, 0) is 55.7 Å². The summed E-state index contributed by atoms with van der Waals surface area (Å²) in [4.78, 5) is 4.32. The molecule has 0 amide bonds. The van der Waals surface area contributed by atoms with E-state index in [2.05, 4.69) is 37.2 Å². The van der Waals surface area contributed by atoms with Gasteiger partial charge in [0.2, 0.25) is 0 Å². The molecule has 1 heterocycles. The van der Waals surface area contributed by atoms with Crippen molar-refractivity contribution in [1.82, 2.24) is 4.98 Å². The molecular formula is C15H19N3O. The average molecular weight is 257 g/mol. The van der Waals surface area contributed by atoms with E-state index in [1.807, 2.05) is 24.3 Å². The van der Waals surface area contributed by atoms with Crippen molar-refractivity contribution in [1.29, 1.82) is 0 Å². The van der Waals surface area contributed by atoms with Crippen LogP contribution in [0.4, 0.5) is 5.82 Å². The number of nitrogen functional groups attached to an aromatic ring is 1. The van der Waals surface area contributed by atoms with Crippen LogP contribution in [0.1, 0.15) is 22.4 Å². The first kappa shape index (κ1) is 13.4. The van der Waals surface area contributed by atoms with Crippen molar-refractivity contribution in [3.05, 3.63) is 52.7 Å². The van der Waals surface area contributed by atoms with E-state index < -0.39 is 0 Å². The van der Waals surface area contributed by atoms with Gasteiger partial charge in [0.05, 0.1) is 5.69 Å². The highest BCUT2D eigenvalue weighted by Gasteiger charge is 2.05. The number of ether oxygens (including phenoxy) is 1. The molecule has 19 heavy (non-hydrogen) atoms. The first-order valence-electron chi connectivity index (χ1n) is 6.23. The molecule has 0 bridgehead atoms. The molecule has 0 aliphatic rings. The maximum absolute atomic E-state index is 5.85. The fourth-order valence-corrected chi connectivity index (χ4v) is 1.94. The summed E-state index contributed by atoms with van der Waals surface area (Å²) in [5.41, 5.74) is 6.97. The Bertz CT molecular complexity index is 582. The van der Waals surface area contributed by atoms with E-state index in [9.17, 15) is 0 Å². The summed E-state index contributed by atoms with van der Waals surface area (Å²) in [6.07, 6.45) is 0. The van der Waals surface area contributed by atoms with Crippen LogP contribution in [0.25, 0.3) is 0 Å². The van der Waals surface area contributed by atoms with Gasteiger partial charge in [-0.3, -0.25) is 0 Å². The minimum Gasteiger partial charge on any atom is -0.487 e. The van der Waals surface area contributed by atoms with Gasteiger partial charge < -0.3 is 10.2 Å². The van der Waals surface area contributed by atoms with Crippen LogP contribution >= 0.6 is 0 Å². The SMILES string of the molecule is Cc1cc(C)c(C)c(OCc2cccc(NN)n2)c1. The molecular weight excluding hydrogens is 238 g/mol. The van der Waals surface area contributed by atoms with Crippen LogP contribution in [-0.4, -0.2) is 4.98 Å². The van der Waals surface area contributed by atoms with Crippen LogP contribution in [0.2, 0.25) is 0 Å². The molecule has 0 aliphatic heterocycles. The fourth-order valence-electron chi connectivity index (χ4n) is 1.94. The summed E-state index contributed by atoms with van der Waals surface area (Å²) in [6.45, 7) is 6.65. The molecule has 0 fully saturated rings. The van der Waals surface area contributed by atoms with Crippen molar-refractivity contribution in [2.75, 3.05) is 5.43 Å². The van der Waals surface area contributed by atoms with E-state index >= 15 is 0 Å². The van der Waals surface area contributed by atoms with Gasteiger partial charge in [-0.25, -0.2) is 10.8 Å². The number of nitrogens with zero attached hydrogens (tertiary/aromatic N) is 1. The Kier molecular flexibility index (Phi) is 4.02. The quantitative estimate of drug-likeness (QED) is 0.653. The zero-order chi connectivity index (χ0) is 13.8. The number of hydrogen-bond acceptors (Lipinski definition) is 4. The minimum atomic E-state index is 0.430. The Labute approximate surface area is 113 Å².